The fourth-order valence-electron chi connectivity index (χ4n) is 1.90. The molecule has 0 aliphatic carbocycles. The van der Waals surface area contributed by atoms with Crippen LogP contribution in [0.5, 0.6) is 5.75 Å². The molecule has 0 aliphatic heterocycles. The van der Waals surface area contributed by atoms with E-state index < -0.39 is 20.4 Å². The molecule has 1 rings (SSSR count). The summed E-state index contributed by atoms with van der Waals surface area (Å²) in [5, 5.41) is 10.9. The van der Waals surface area contributed by atoms with Gasteiger partial charge in [-0.3, -0.25) is 10.1 Å². The van der Waals surface area contributed by atoms with Gasteiger partial charge in [-0.15, -0.1) is 0 Å². The monoisotopic (exact) mass is 331 g/mol. The molecule has 0 atom stereocenters. The van der Waals surface area contributed by atoms with Crippen LogP contribution in [-0.2, 0) is 10.0 Å². The smallest absolute Gasteiger partial charge is 0.271 e. The molecule has 0 radical (unpaired) electrons. The summed E-state index contributed by atoms with van der Waals surface area (Å²) in [4.78, 5) is 9.98. The van der Waals surface area contributed by atoms with Crippen molar-refractivity contribution in [2.75, 3.05) is 27.2 Å². The number of hydrogen-bond acceptors (Lipinski definition) is 6. The molecule has 2 N–H and O–H groups in total. The molecule has 22 heavy (non-hydrogen) atoms. The van der Waals surface area contributed by atoms with E-state index in [2.05, 4.69) is 0 Å². The molecule has 8 nitrogen and oxygen atoms in total. The summed E-state index contributed by atoms with van der Waals surface area (Å²) in [6.45, 7) is 4.16. The van der Waals surface area contributed by atoms with E-state index in [4.69, 9.17) is 10.5 Å². The average molecular weight is 331 g/mol. The van der Waals surface area contributed by atoms with Gasteiger partial charge in [0.05, 0.1) is 12.0 Å². The molecule has 0 heterocycles. The molecule has 0 amide bonds. The van der Waals surface area contributed by atoms with Gasteiger partial charge in [-0.2, -0.15) is 0 Å². The zero-order chi connectivity index (χ0) is 17.1. The first kappa shape index (κ1) is 18.3. The number of methoxy groups -OCH3 is 1. The SMILES string of the molecule is COc1ccc([N+](=O)[O-])cc1S(=O)(=O)N(C)CC(C)(C)CN. The first-order valence-corrected chi connectivity index (χ1v) is 7.98. The molecular weight excluding hydrogens is 310 g/mol. The van der Waals surface area contributed by atoms with Crippen molar-refractivity contribution in [3.05, 3.63) is 28.3 Å². The number of nitro benzene ring substituents is 1. The van der Waals surface area contributed by atoms with Crippen LogP contribution in [0.2, 0.25) is 0 Å². The van der Waals surface area contributed by atoms with Crippen LogP contribution in [0.15, 0.2) is 23.1 Å². The van der Waals surface area contributed by atoms with Gasteiger partial charge >= 0.3 is 0 Å². The van der Waals surface area contributed by atoms with E-state index in [-0.39, 0.29) is 22.9 Å². The fraction of sp³-hybridized carbons (Fsp3) is 0.538. The summed E-state index contributed by atoms with van der Waals surface area (Å²) >= 11 is 0. The van der Waals surface area contributed by atoms with Crippen molar-refractivity contribution in [1.82, 2.24) is 4.31 Å². The van der Waals surface area contributed by atoms with E-state index in [9.17, 15) is 18.5 Å². The van der Waals surface area contributed by atoms with Gasteiger partial charge in [-0.05, 0) is 18.0 Å². The van der Waals surface area contributed by atoms with Crippen LogP contribution in [0.1, 0.15) is 13.8 Å². The number of nitrogens with two attached hydrogens (primary N) is 1. The van der Waals surface area contributed by atoms with E-state index in [0.717, 1.165) is 10.4 Å². The number of rotatable bonds is 7. The van der Waals surface area contributed by atoms with Crippen LogP contribution in [0.25, 0.3) is 0 Å². The van der Waals surface area contributed by atoms with E-state index in [1.54, 1.807) is 0 Å². The first-order chi connectivity index (χ1) is 10.0. The van der Waals surface area contributed by atoms with Gasteiger partial charge in [0, 0.05) is 25.7 Å². The van der Waals surface area contributed by atoms with Gasteiger partial charge in [0.2, 0.25) is 10.0 Å². The second-order valence-corrected chi connectivity index (χ2v) is 7.73. The van der Waals surface area contributed by atoms with Crippen LogP contribution in [0.3, 0.4) is 0 Å². The molecule has 1 aromatic rings. The highest BCUT2D eigenvalue weighted by atomic mass is 32.2. The minimum Gasteiger partial charge on any atom is -0.495 e. The summed E-state index contributed by atoms with van der Waals surface area (Å²) in [5.74, 6) is 0.0583. The van der Waals surface area contributed by atoms with Crippen molar-refractivity contribution in [3.8, 4) is 5.75 Å². The summed E-state index contributed by atoms with van der Waals surface area (Å²) in [7, 11) is -1.22. The Morgan fingerprint density at radius 2 is 2.00 bits per heavy atom. The molecule has 0 saturated heterocycles. The minimum absolute atomic E-state index is 0.0583. The predicted octanol–water partition coefficient (Wildman–Crippen LogP) is 1.21. The summed E-state index contributed by atoms with van der Waals surface area (Å²) in [6, 6.07) is 3.47. The lowest BCUT2D eigenvalue weighted by molar-refractivity contribution is -0.385. The van der Waals surface area contributed by atoms with Gasteiger partial charge in [0.15, 0.2) is 0 Å². The topological polar surface area (TPSA) is 116 Å². The average Bonchev–Trinajstić information content (AvgIpc) is 2.45. The minimum atomic E-state index is -3.93. The van der Waals surface area contributed by atoms with Crippen LogP contribution in [0, 0.1) is 15.5 Å². The molecule has 0 fully saturated rings. The maximum absolute atomic E-state index is 12.7. The van der Waals surface area contributed by atoms with Gasteiger partial charge < -0.3 is 10.5 Å². The highest BCUT2D eigenvalue weighted by molar-refractivity contribution is 7.89. The van der Waals surface area contributed by atoms with Crippen molar-refractivity contribution in [2.24, 2.45) is 11.1 Å². The molecule has 0 bridgehead atoms. The predicted molar refractivity (Wildman–Crippen MR) is 82.3 cm³/mol. The Bertz CT molecular complexity index is 658. The lowest BCUT2D eigenvalue weighted by atomic mass is 9.94. The summed E-state index contributed by atoms with van der Waals surface area (Å²) in [6.07, 6.45) is 0. The molecule has 124 valence electrons. The number of benzene rings is 1. The summed E-state index contributed by atoms with van der Waals surface area (Å²) < 4.78 is 31.5. The maximum atomic E-state index is 12.7. The largest absolute Gasteiger partial charge is 0.495 e. The zero-order valence-corrected chi connectivity index (χ0v) is 13.9. The number of hydrogen-bond donors (Lipinski definition) is 1. The van der Waals surface area contributed by atoms with E-state index in [1.807, 2.05) is 13.8 Å². The molecule has 0 spiro atoms. The third-order valence-corrected chi connectivity index (χ3v) is 5.07. The van der Waals surface area contributed by atoms with Crippen molar-refractivity contribution < 1.29 is 18.1 Å². The first-order valence-electron chi connectivity index (χ1n) is 6.54. The van der Waals surface area contributed by atoms with Gasteiger partial charge in [0.25, 0.3) is 5.69 Å². The normalized spacial score (nSPS) is 12.5. The fourth-order valence-corrected chi connectivity index (χ4v) is 3.43. The van der Waals surface area contributed by atoms with Gasteiger partial charge in [0.1, 0.15) is 10.6 Å². The number of non-ortho nitro benzene ring substituents is 1. The van der Waals surface area contributed by atoms with Crippen molar-refractivity contribution >= 4 is 15.7 Å². The highest BCUT2D eigenvalue weighted by Crippen LogP contribution is 2.31. The molecule has 0 saturated carbocycles. The van der Waals surface area contributed by atoms with Crippen LogP contribution in [0.4, 0.5) is 5.69 Å². The third kappa shape index (κ3) is 3.93. The zero-order valence-electron chi connectivity index (χ0n) is 13.1. The molecule has 1 aromatic carbocycles. The highest BCUT2D eigenvalue weighted by Gasteiger charge is 2.30. The van der Waals surface area contributed by atoms with E-state index in [0.29, 0.717) is 6.54 Å². The van der Waals surface area contributed by atoms with Crippen molar-refractivity contribution in [2.45, 2.75) is 18.7 Å². The lowest BCUT2D eigenvalue weighted by Crippen LogP contribution is -2.39. The van der Waals surface area contributed by atoms with E-state index in [1.165, 1.54) is 26.3 Å². The summed E-state index contributed by atoms with van der Waals surface area (Å²) in [5.41, 5.74) is 4.89. The molecule has 0 aromatic heterocycles. The Morgan fingerprint density at radius 1 is 1.41 bits per heavy atom. The maximum Gasteiger partial charge on any atom is 0.271 e. The Balaban J connectivity index is 3.32. The van der Waals surface area contributed by atoms with E-state index >= 15 is 0 Å². The quantitative estimate of drug-likeness (QED) is 0.593. The number of nitro groups is 1. The number of nitrogens with zero attached hydrogens (tertiary/aromatic N) is 2. The van der Waals surface area contributed by atoms with Crippen LogP contribution >= 0.6 is 0 Å². The Kier molecular flexibility index (Phi) is 5.49. The van der Waals surface area contributed by atoms with Gasteiger partial charge in [-0.25, -0.2) is 12.7 Å². The van der Waals surface area contributed by atoms with Gasteiger partial charge in [-0.1, -0.05) is 13.8 Å². The van der Waals surface area contributed by atoms with Crippen molar-refractivity contribution in [3.63, 3.8) is 0 Å². The Morgan fingerprint density at radius 3 is 2.45 bits per heavy atom. The second kappa shape index (κ2) is 6.59. The van der Waals surface area contributed by atoms with Crippen LogP contribution in [-0.4, -0.2) is 44.9 Å². The number of sulfonamides is 1. The van der Waals surface area contributed by atoms with Crippen LogP contribution < -0.4 is 10.5 Å². The Hall–Kier alpha value is -1.71. The second-order valence-electron chi connectivity index (χ2n) is 5.72. The Labute approximate surface area is 130 Å². The molecule has 0 unspecified atom stereocenters. The molecular formula is C13H21N3O5S. The standard InChI is InChI=1S/C13H21N3O5S/c1-13(2,8-14)9-15(3)22(19,20)12-7-10(16(17)18)5-6-11(12)21-4/h5-7H,8-9,14H2,1-4H3. The molecule has 0 aliphatic rings. The van der Waals surface area contributed by atoms with Crippen molar-refractivity contribution in [1.29, 1.82) is 0 Å². The number of ether oxygens (including phenoxy) is 1. The molecule has 9 heteroatoms. The third-order valence-electron chi connectivity index (χ3n) is 3.25. The lowest BCUT2D eigenvalue weighted by Gasteiger charge is -2.28.